The molecule has 0 bridgehead atoms. The van der Waals surface area contributed by atoms with Gasteiger partial charge in [0.05, 0.1) is 0 Å². The summed E-state index contributed by atoms with van der Waals surface area (Å²) in [6, 6.07) is 6.11. The molecule has 7 heteroatoms. The first kappa shape index (κ1) is 19.8. The first-order valence-corrected chi connectivity index (χ1v) is 9.06. The maximum Gasteiger partial charge on any atom is 0.329 e. The largest absolute Gasteiger partial charge is 0.480 e. The summed E-state index contributed by atoms with van der Waals surface area (Å²) in [6.07, 6.45) is 4.39. The van der Waals surface area contributed by atoms with Crippen LogP contribution >= 0.6 is 0 Å². The molecule has 1 aliphatic carbocycles. The van der Waals surface area contributed by atoms with Crippen molar-refractivity contribution in [2.75, 3.05) is 5.32 Å². The lowest BCUT2D eigenvalue weighted by molar-refractivity contribution is -0.145. The maximum atomic E-state index is 12.6. The van der Waals surface area contributed by atoms with E-state index in [1.165, 1.54) is 0 Å². The van der Waals surface area contributed by atoms with Crippen LogP contribution in [0.2, 0.25) is 0 Å². The summed E-state index contributed by atoms with van der Waals surface area (Å²) in [5.41, 5.74) is -0.426. The number of hydrogen-bond donors (Lipinski definition) is 4. The van der Waals surface area contributed by atoms with E-state index in [9.17, 15) is 19.5 Å². The standard InChI is InChI=1S/C19H27N3O4/c1-13(2)20-18(26)21-15-9-7-8-14(12-15)16(23)22-19(17(24)25)10-5-3-4-6-11-19/h7-9,12-13H,3-6,10-11H2,1-2H3,(H,22,23)(H,24,25)(H2,20,21,26). The molecule has 1 fully saturated rings. The van der Waals surface area contributed by atoms with Crippen LogP contribution in [-0.4, -0.2) is 34.6 Å². The summed E-state index contributed by atoms with van der Waals surface area (Å²) in [7, 11) is 0. The van der Waals surface area contributed by atoms with Crippen molar-refractivity contribution in [3.05, 3.63) is 29.8 Å². The number of anilines is 1. The molecule has 0 unspecified atom stereocenters. The molecular formula is C19H27N3O4. The molecule has 1 aromatic rings. The molecular weight excluding hydrogens is 334 g/mol. The molecule has 1 aliphatic rings. The topological polar surface area (TPSA) is 108 Å². The van der Waals surface area contributed by atoms with E-state index in [-0.39, 0.29) is 12.1 Å². The van der Waals surface area contributed by atoms with E-state index in [1.807, 2.05) is 13.8 Å². The average molecular weight is 361 g/mol. The Morgan fingerprint density at radius 2 is 1.73 bits per heavy atom. The van der Waals surface area contributed by atoms with Crippen molar-refractivity contribution in [3.8, 4) is 0 Å². The van der Waals surface area contributed by atoms with Crippen molar-refractivity contribution >= 4 is 23.6 Å². The Labute approximate surface area is 153 Å². The normalized spacial score (nSPS) is 16.4. The highest BCUT2D eigenvalue weighted by Crippen LogP contribution is 2.28. The quantitative estimate of drug-likeness (QED) is 0.604. The molecule has 0 heterocycles. The third-order valence-electron chi connectivity index (χ3n) is 4.52. The summed E-state index contributed by atoms with van der Waals surface area (Å²) in [6.45, 7) is 3.70. The minimum absolute atomic E-state index is 0.00728. The van der Waals surface area contributed by atoms with Gasteiger partial charge >= 0.3 is 12.0 Å². The molecule has 0 spiro atoms. The molecule has 2 rings (SSSR count). The van der Waals surface area contributed by atoms with Gasteiger partial charge in [-0.1, -0.05) is 31.7 Å². The molecule has 1 saturated carbocycles. The highest BCUT2D eigenvalue weighted by molar-refractivity contribution is 5.99. The first-order chi connectivity index (χ1) is 12.3. The zero-order valence-electron chi connectivity index (χ0n) is 15.3. The van der Waals surface area contributed by atoms with Gasteiger partial charge in [0.15, 0.2) is 0 Å². The van der Waals surface area contributed by atoms with E-state index in [4.69, 9.17) is 0 Å². The number of amides is 3. The van der Waals surface area contributed by atoms with E-state index >= 15 is 0 Å². The van der Waals surface area contributed by atoms with Crippen LogP contribution in [0.1, 0.15) is 62.7 Å². The summed E-state index contributed by atoms with van der Waals surface area (Å²) in [4.78, 5) is 36.3. The highest BCUT2D eigenvalue weighted by atomic mass is 16.4. The fraction of sp³-hybridized carbons (Fsp3) is 0.526. The molecule has 0 aromatic heterocycles. The van der Waals surface area contributed by atoms with E-state index in [2.05, 4.69) is 16.0 Å². The van der Waals surface area contributed by atoms with E-state index in [1.54, 1.807) is 24.3 Å². The highest BCUT2D eigenvalue weighted by Gasteiger charge is 2.40. The van der Waals surface area contributed by atoms with Crippen molar-refractivity contribution in [1.82, 2.24) is 10.6 Å². The first-order valence-electron chi connectivity index (χ1n) is 9.06. The number of rotatable bonds is 5. The third-order valence-corrected chi connectivity index (χ3v) is 4.52. The van der Waals surface area contributed by atoms with Crippen LogP contribution in [0.15, 0.2) is 24.3 Å². The SMILES string of the molecule is CC(C)NC(=O)Nc1cccc(C(=O)NC2(C(=O)O)CCCCCC2)c1. The zero-order valence-corrected chi connectivity index (χ0v) is 15.3. The van der Waals surface area contributed by atoms with Crippen molar-refractivity contribution < 1.29 is 19.5 Å². The Morgan fingerprint density at radius 3 is 2.31 bits per heavy atom. The Kier molecular flexibility index (Phi) is 6.60. The summed E-state index contributed by atoms with van der Waals surface area (Å²) >= 11 is 0. The molecule has 0 aliphatic heterocycles. The Morgan fingerprint density at radius 1 is 1.08 bits per heavy atom. The lowest BCUT2D eigenvalue weighted by atomic mass is 9.90. The molecule has 3 amide bonds. The molecule has 142 valence electrons. The van der Waals surface area contributed by atoms with Crippen LogP contribution in [0.4, 0.5) is 10.5 Å². The smallest absolute Gasteiger partial charge is 0.329 e. The predicted octanol–water partition coefficient (Wildman–Crippen LogP) is 3.12. The Bertz CT molecular complexity index is 665. The molecule has 7 nitrogen and oxygen atoms in total. The second-order valence-corrected chi connectivity index (χ2v) is 7.09. The molecule has 26 heavy (non-hydrogen) atoms. The number of benzene rings is 1. The van der Waals surface area contributed by atoms with Crippen LogP contribution < -0.4 is 16.0 Å². The van der Waals surface area contributed by atoms with Crippen molar-refractivity contribution in [2.45, 2.75) is 64.0 Å². The number of aliphatic carboxylic acids is 1. The van der Waals surface area contributed by atoms with Crippen molar-refractivity contribution in [3.63, 3.8) is 0 Å². The number of carboxylic acids is 1. The monoisotopic (exact) mass is 361 g/mol. The van der Waals surface area contributed by atoms with Gasteiger partial charge in [-0.05, 0) is 44.9 Å². The van der Waals surface area contributed by atoms with Gasteiger partial charge in [0, 0.05) is 17.3 Å². The number of carbonyl (C=O) groups excluding carboxylic acids is 2. The lowest BCUT2D eigenvalue weighted by Crippen LogP contribution is -2.54. The predicted molar refractivity (Wildman–Crippen MR) is 99.3 cm³/mol. The summed E-state index contributed by atoms with van der Waals surface area (Å²) in [5, 5.41) is 17.8. The lowest BCUT2D eigenvalue weighted by Gasteiger charge is -2.29. The molecule has 0 saturated heterocycles. The molecule has 0 radical (unpaired) electrons. The average Bonchev–Trinajstić information content (AvgIpc) is 2.80. The second-order valence-electron chi connectivity index (χ2n) is 7.09. The zero-order chi connectivity index (χ0) is 19.2. The van der Waals surface area contributed by atoms with Gasteiger partial charge in [0.2, 0.25) is 0 Å². The minimum atomic E-state index is -1.22. The number of hydrogen-bond acceptors (Lipinski definition) is 3. The van der Waals surface area contributed by atoms with Gasteiger partial charge in [-0.25, -0.2) is 9.59 Å². The fourth-order valence-electron chi connectivity index (χ4n) is 3.18. The van der Waals surface area contributed by atoms with Crippen LogP contribution in [0.5, 0.6) is 0 Å². The van der Waals surface area contributed by atoms with Gasteiger partial charge in [-0.15, -0.1) is 0 Å². The molecule has 4 N–H and O–H groups in total. The van der Waals surface area contributed by atoms with Gasteiger partial charge in [-0.2, -0.15) is 0 Å². The molecule has 1 aromatic carbocycles. The number of nitrogens with one attached hydrogen (secondary N) is 3. The van der Waals surface area contributed by atoms with Crippen LogP contribution in [-0.2, 0) is 4.79 Å². The van der Waals surface area contributed by atoms with Crippen molar-refractivity contribution in [2.24, 2.45) is 0 Å². The van der Waals surface area contributed by atoms with E-state index in [0.29, 0.717) is 24.1 Å². The fourth-order valence-corrected chi connectivity index (χ4v) is 3.18. The van der Waals surface area contributed by atoms with Gasteiger partial charge < -0.3 is 21.1 Å². The summed E-state index contributed by atoms with van der Waals surface area (Å²) < 4.78 is 0. The van der Waals surface area contributed by atoms with Crippen LogP contribution in [0.25, 0.3) is 0 Å². The summed E-state index contributed by atoms with van der Waals surface area (Å²) in [5.74, 6) is -1.43. The minimum Gasteiger partial charge on any atom is -0.480 e. The number of carbonyl (C=O) groups is 3. The maximum absolute atomic E-state index is 12.6. The van der Waals surface area contributed by atoms with Crippen molar-refractivity contribution in [1.29, 1.82) is 0 Å². The van der Waals surface area contributed by atoms with E-state index in [0.717, 1.165) is 25.7 Å². The van der Waals surface area contributed by atoms with Gasteiger partial charge in [0.25, 0.3) is 5.91 Å². The van der Waals surface area contributed by atoms with Crippen LogP contribution in [0, 0.1) is 0 Å². The van der Waals surface area contributed by atoms with Crippen LogP contribution in [0.3, 0.4) is 0 Å². The number of urea groups is 1. The third kappa shape index (κ3) is 5.21. The van der Waals surface area contributed by atoms with E-state index < -0.39 is 17.4 Å². The molecule has 0 atom stereocenters. The Hall–Kier alpha value is -2.57. The van der Waals surface area contributed by atoms with Gasteiger partial charge in [0.1, 0.15) is 5.54 Å². The number of carboxylic acid groups (broad SMARTS) is 1. The second kappa shape index (κ2) is 8.69. The Balaban J connectivity index is 2.12. The van der Waals surface area contributed by atoms with Gasteiger partial charge in [-0.3, -0.25) is 4.79 Å².